The number of sulfonamides is 1. The fraction of sp³-hybridized carbons (Fsp3) is 0.625. The van der Waals surface area contributed by atoms with Crippen molar-refractivity contribution in [2.24, 2.45) is 5.92 Å². The predicted molar refractivity (Wildman–Crippen MR) is 182 cm³/mol. The lowest BCUT2D eigenvalue weighted by atomic mass is 9.89. The van der Waals surface area contributed by atoms with E-state index in [4.69, 9.17) is 4.74 Å². The zero-order valence-electron chi connectivity index (χ0n) is 27.5. The van der Waals surface area contributed by atoms with Gasteiger partial charge in [-0.2, -0.15) is 12.7 Å². The molecule has 46 heavy (non-hydrogen) atoms. The molecule has 11 nitrogen and oxygen atoms in total. The first-order chi connectivity index (χ1) is 22.0. The molecule has 2 aromatic rings. The van der Waals surface area contributed by atoms with Gasteiger partial charge >= 0.3 is 0 Å². The van der Waals surface area contributed by atoms with E-state index in [0.29, 0.717) is 63.8 Å². The second kappa shape index (κ2) is 17.1. The molecule has 0 atom stereocenters. The van der Waals surface area contributed by atoms with E-state index in [1.54, 1.807) is 30.3 Å². The number of ether oxygens (including phenoxy) is 1. The molecule has 1 saturated heterocycles. The standard InChI is InChI=1S/C32H51FN6O5S2/c1-36(2)29-12-14-30(15-13-29)45(40,41)34-17-7-19-37(26-27-9-5-4-6-10-27)20-8-18-35-46(42,43)39-23-21-38(22-24-39)31-16-11-28(33)25-32(31)44-3/h11-16,25,27,34-35H,4-10,17-24,26H2,1-3H3. The number of piperazine rings is 1. The van der Waals surface area contributed by atoms with Crippen LogP contribution in [0.3, 0.4) is 0 Å². The molecule has 0 aromatic heterocycles. The SMILES string of the molecule is COc1cc(F)ccc1N1CCN(S(=O)(=O)NCCCN(CCCNS(=O)(=O)c2ccc(N(C)C)cc2)CC2CCCCC2)CC1. The molecular weight excluding hydrogens is 632 g/mol. The topological polar surface area (TPSA) is 115 Å². The highest BCUT2D eigenvalue weighted by atomic mass is 32.2. The van der Waals surface area contributed by atoms with E-state index in [-0.39, 0.29) is 10.7 Å². The van der Waals surface area contributed by atoms with Gasteiger partial charge in [-0.05, 0) is 81.1 Å². The van der Waals surface area contributed by atoms with Crippen molar-refractivity contribution in [3.8, 4) is 5.75 Å². The smallest absolute Gasteiger partial charge is 0.279 e. The summed E-state index contributed by atoms with van der Waals surface area (Å²) >= 11 is 0. The number of nitrogens with one attached hydrogen (secondary N) is 2. The molecule has 258 valence electrons. The Morgan fingerprint density at radius 3 is 2.11 bits per heavy atom. The minimum Gasteiger partial charge on any atom is -0.494 e. The van der Waals surface area contributed by atoms with Crippen LogP contribution in [0.25, 0.3) is 0 Å². The minimum absolute atomic E-state index is 0.251. The maximum absolute atomic E-state index is 13.6. The molecule has 1 saturated carbocycles. The summed E-state index contributed by atoms with van der Waals surface area (Å²) in [6, 6.07) is 11.2. The van der Waals surface area contributed by atoms with E-state index < -0.39 is 20.2 Å². The van der Waals surface area contributed by atoms with Crippen molar-refractivity contribution in [2.45, 2.75) is 49.8 Å². The highest BCUT2D eigenvalue weighted by Gasteiger charge is 2.28. The Kier molecular flexibility index (Phi) is 13.5. The van der Waals surface area contributed by atoms with Gasteiger partial charge in [0.2, 0.25) is 10.0 Å². The van der Waals surface area contributed by atoms with Crippen LogP contribution in [0.2, 0.25) is 0 Å². The van der Waals surface area contributed by atoms with Gasteiger partial charge in [0, 0.05) is 71.7 Å². The summed E-state index contributed by atoms with van der Waals surface area (Å²) in [4.78, 5) is 6.54. The number of hydrogen-bond donors (Lipinski definition) is 2. The highest BCUT2D eigenvalue weighted by molar-refractivity contribution is 7.89. The van der Waals surface area contributed by atoms with E-state index in [0.717, 1.165) is 31.0 Å². The summed E-state index contributed by atoms with van der Waals surface area (Å²) in [7, 11) is -1.92. The monoisotopic (exact) mass is 682 g/mol. The van der Waals surface area contributed by atoms with Crippen LogP contribution < -0.4 is 24.0 Å². The fourth-order valence-corrected chi connectivity index (χ4v) is 8.53. The number of methoxy groups -OCH3 is 1. The normalized spacial score (nSPS) is 17.0. The first kappa shape index (κ1) is 36.3. The van der Waals surface area contributed by atoms with E-state index >= 15 is 0 Å². The zero-order chi connectivity index (χ0) is 33.2. The van der Waals surface area contributed by atoms with E-state index in [1.165, 1.54) is 55.7 Å². The van der Waals surface area contributed by atoms with Crippen molar-refractivity contribution >= 4 is 31.6 Å². The average molecular weight is 683 g/mol. The Hall–Kier alpha value is -2.49. The zero-order valence-corrected chi connectivity index (χ0v) is 29.1. The molecule has 4 rings (SSSR count). The third kappa shape index (κ3) is 10.5. The van der Waals surface area contributed by atoms with Gasteiger partial charge in [0.15, 0.2) is 0 Å². The lowest BCUT2D eigenvalue weighted by Gasteiger charge is -2.36. The molecule has 14 heteroatoms. The van der Waals surface area contributed by atoms with Crippen LogP contribution in [0.4, 0.5) is 15.8 Å². The third-order valence-corrected chi connectivity index (χ3v) is 11.9. The van der Waals surface area contributed by atoms with E-state index in [2.05, 4.69) is 14.3 Å². The van der Waals surface area contributed by atoms with E-state index in [9.17, 15) is 21.2 Å². The maximum atomic E-state index is 13.6. The van der Waals surface area contributed by atoms with Crippen molar-refractivity contribution in [3.05, 3.63) is 48.3 Å². The van der Waals surface area contributed by atoms with Crippen LogP contribution >= 0.6 is 0 Å². The molecule has 2 aromatic carbocycles. The summed E-state index contributed by atoms with van der Waals surface area (Å²) in [6.07, 6.45) is 7.49. The molecule has 1 heterocycles. The number of rotatable bonds is 17. The summed E-state index contributed by atoms with van der Waals surface area (Å²) in [5.74, 6) is 0.669. The number of halogens is 1. The molecule has 1 aliphatic heterocycles. The van der Waals surface area contributed by atoms with Gasteiger partial charge < -0.3 is 19.4 Å². The summed E-state index contributed by atoms with van der Waals surface area (Å²) < 4.78 is 77.7. The van der Waals surface area contributed by atoms with Gasteiger partial charge in [0.05, 0.1) is 17.7 Å². The minimum atomic E-state index is -3.64. The Labute approximate surface area is 275 Å². The Morgan fingerprint density at radius 2 is 1.50 bits per heavy atom. The van der Waals surface area contributed by atoms with Crippen LogP contribution in [0.15, 0.2) is 47.4 Å². The second-order valence-electron chi connectivity index (χ2n) is 12.4. The first-order valence-corrected chi connectivity index (χ1v) is 19.2. The first-order valence-electron chi connectivity index (χ1n) is 16.3. The second-order valence-corrected chi connectivity index (χ2v) is 15.9. The molecule has 2 N–H and O–H groups in total. The molecule has 0 unspecified atom stereocenters. The van der Waals surface area contributed by atoms with Gasteiger partial charge in [-0.25, -0.2) is 22.3 Å². The van der Waals surface area contributed by atoms with Gasteiger partial charge in [-0.3, -0.25) is 0 Å². The van der Waals surface area contributed by atoms with Gasteiger partial charge in [0.1, 0.15) is 11.6 Å². The third-order valence-electron chi connectivity index (χ3n) is 8.84. The predicted octanol–water partition coefficient (Wildman–Crippen LogP) is 3.50. The van der Waals surface area contributed by atoms with Gasteiger partial charge in [-0.1, -0.05) is 19.3 Å². The highest BCUT2D eigenvalue weighted by Crippen LogP contribution is 2.30. The lowest BCUT2D eigenvalue weighted by Crippen LogP contribution is -2.52. The molecule has 0 radical (unpaired) electrons. The molecule has 2 aliphatic rings. The quantitative estimate of drug-likeness (QED) is 0.244. The summed E-state index contributed by atoms with van der Waals surface area (Å²) in [5.41, 5.74) is 1.68. The molecule has 1 aliphatic carbocycles. The number of benzene rings is 2. The lowest BCUT2D eigenvalue weighted by molar-refractivity contribution is 0.197. The average Bonchev–Trinajstić information content (AvgIpc) is 3.05. The van der Waals surface area contributed by atoms with Crippen molar-refractivity contribution in [1.82, 2.24) is 18.6 Å². The Balaban J connectivity index is 1.23. The van der Waals surface area contributed by atoms with Crippen molar-refractivity contribution in [2.75, 3.05) is 89.9 Å². The van der Waals surface area contributed by atoms with Crippen LogP contribution in [-0.4, -0.2) is 106 Å². The molecule has 0 bridgehead atoms. The summed E-state index contributed by atoms with van der Waals surface area (Å²) in [6.45, 7) is 4.66. The number of nitrogens with zero attached hydrogens (tertiary/aromatic N) is 4. The molecule has 0 spiro atoms. The van der Waals surface area contributed by atoms with Crippen molar-refractivity contribution < 1.29 is 26.0 Å². The van der Waals surface area contributed by atoms with Crippen molar-refractivity contribution in [1.29, 1.82) is 0 Å². The largest absolute Gasteiger partial charge is 0.494 e. The molecular formula is C32H51FN6O5S2. The number of anilines is 2. The Bertz CT molecular complexity index is 1450. The van der Waals surface area contributed by atoms with Crippen molar-refractivity contribution in [3.63, 3.8) is 0 Å². The van der Waals surface area contributed by atoms with E-state index in [1.807, 2.05) is 23.9 Å². The maximum Gasteiger partial charge on any atom is 0.279 e. The molecule has 0 amide bonds. The Morgan fingerprint density at radius 1 is 0.870 bits per heavy atom. The van der Waals surface area contributed by atoms with Crippen LogP contribution in [0.5, 0.6) is 5.75 Å². The molecule has 2 fully saturated rings. The fourth-order valence-electron chi connectivity index (χ4n) is 6.22. The van der Waals surface area contributed by atoms with Gasteiger partial charge in [0.25, 0.3) is 10.2 Å². The van der Waals surface area contributed by atoms with Crippen LogP contribution in [-0.2, 0) is 20.2 Å². The van der Waals surface area contributed by atoms with Crippen LogP contribution in [0, 0.1) is 11.7 Å². The number of hydrogen-bond acceptors (Lipinski definition) is 8. The van der Waals surface area contributed by atoms with Crippen LogP contribution in [0.1, 0.15) is 44.9 Å². The van der Waals surface area contributed by atoms with Gasteiger partial charge in [-0.15, -0.1) is 0 Å². The summed E-state index contributed by atoms with van der Waals surface area (Å²) in [5, 5.41) is 0.